The zero-order valence-electron chi connectivity index (χ0n) is 28.4. The van der Waals surface area contributed by atoms with Gasteiger partial charge in [0.2, 0.25) is 0 Å². The molecule has 8 aromatic carbocycles. The van der Waals surface area contributed by atoms with Gasteiger partial charge in [-0.15, -0.1) is 0 Å². The third-order valence-electron chi connectivity index (χ3n) is 9.59. The highest BCUT2D eigenvalue weighted by molar-refractivity contribution is 5.82. The van der Waals surface area contributed by atoms with Crippen LogP contribution in [0.2, 0.25) is 0 Å². The van der Waals surface area contributed by atoms with Crippen LogP contribution < -0.4 is 0 Å². The molecule has 242 valence electrons. The number of hydrogen-bond donors (Lipinski definition) is 0. The Hall–Kier alpha value is -7.26. The first kappa shape index (κ1) is 32.0. The predicted molar refractivity (Wildman–Crippen MR) is 214 cm³/mol. The highest BCUT2D eigenvalue weighted by Gasteiger charge is 2.11. The quantitative estimate of drug-likeness (QED) is 0.171. The molecule has 0 fully saturated rings. The number of rotatable bonds is 7. The maximum Gasteiger partial charge on any atom is 0.0998 e. The molecule has 0 heterocycles. The van der Waals surface area contributed by atoms with Gasteiger partial charge in [-0.1, -0.05) is 164 Å². The minimum absolute atomic E-state index is 0.664. The molecular formula is C50H32N2. The Labute approximate surface area is 304 Å². The summed E-state index contributed by atoms with van der Waals surface area (Å²) in [4.78, 5) is 0. The van der Waals surface area contributed by atoms with E-state index in [-0.39, 0.29) is 0 Å². The van der Waals surface area contributed by atoms with Crippen LogP contribution in [0, 0.1) is 22.7 Å². The molecule has 0 amide bonds. The monoisotopic (exact) mass is 660 g/mol. The van der Waals surface area contributed by atoms with Gasteiger partial charge in [-0.3, -0.25) is 0 Å². The van der Waals surface area contributed by atoms with Gasteiger partial charge >= 0.3 is 0 Å². The molecule has 0 saturated heterocycles. The molecule has 0 spiro atoms. The Kier molecular flexibility index (Phi) is 8.80. The van der Waals surface area contributed by atoms with Crippen LogP contribution in [0.15, 0.2) is 194 Å². The Balaban J connectivity index is 1.04. The first-order chi connectivity index (χ1) is 25.7. The minimum Gasteiger partial charge on any atom is -0.192 e. The van der Waals surface area contributed by atoms with Gasteiger partial charge in [-0.25, -0.2) is 0 Å². The van der Waals surface area contributed by atoms with Crippen molar-refractivity contribution in [2.75, 3.05) is 0 Å². The van der Waals surface area contributed by atoms with Crippen LogP contribution in [0.4, 0.5) is 0 Å². The normalized spacial score (nSPS) is 10.7. The molecule has 2 heteroatoms. The molecule has 0 bridgehead atoms. The van der Waals surface area contributed by atoms with Crippen molar-refractivity contribution in [3.8, 4) is 90.0 Å². The summed E-state index contributed by atoms with van der Waals surface area (Å²) in [5.41, 5.74) is 16.3. The van der Waals surface area contributed by atoms with Gasteiger partial charge in [-0.05, 0) is 108 Å². The molecule has 0 aliphatic carbocycles. The summed E-state index contributed by atoms with van der Waals surface area (Å²) >= 11 is 0. The smallest absolute Gasteiger partial charge is 0.0998 e. The van der Waals surface area contributed by atoms with E-state index in [1.807, 2.05) is 84.9 Å². The van der Waals surface area contributed by atoms with Crippen molar-refractivity contribution < 1.29 is 0 Å². The molecule has 8 aromatic rings. The highest BCUT2D eigenvalue weighted by Crippen LogP contribution is 2.35. The molecule has 0 radical (unpaired) electrons. The summed E-state index contributed by atoms with van der Waals surface area (Å²) in [6, 6.07) is 71.5. The topological polar surface area (TPSA) is 47.6 Å². The number of benzene rings is 8. The minimum atomic E-state index is 0.664. The van der Waals surface area contributed by atoms with E-state index in [9.17, 15) is 10.5 Å². The first-order valence-electron chi connectivity index (χ1n) is 17.3. The fraction of sp³-hybridized carbons (Fsp3) is 0. The van der Waals surface area contributed by atoms with E-state index < -0.39 is 0 Å². The fourth-order valence-corrected chi connectivity index (χ4v) is 6.86. The Bertz CT molecular complexity index is 2620. The molecular weight excluding hydrogens is 629 g/mol. The van der Waals surface area contributed by atoms with Crippen molar-refractivity contribution >= 4 is 0 Å². The standard InChI is InChI=1S/C50H32N2/c51-33-47-31-45(24-26-49(47)37-10-3-1-4-11-37)43-18-8-15-40(29-43)36-22-20-35(21-23-36)39-14-7-16-41(28-39)42-17-9-19-44(30-42)46-25-27-50(48(32-46)34-52)38-12-5-2-6-13-38/h1-32H. The van der Waals surface area contributed by atoms with Gasteiger partial charge in [-0.2, -0.15) is 10.5 Å². The van der Waals surface area contributed by atoms with Crippen LogP contribution >= 0.6 is 0 Å². The average molecular weight is 661 g/mol. The molecule has 0 aromatic heterocycles. The zero-order chi connectivity index (χ0) is 35.3. The molecule has 0 N–H and O–H groups in total. The summed E-state index contributed by atoms with van der Waals surface area (Å²) in [6.45, 7) is 0. The molecule has 52 heavy (non-hydrogen) atoms. The van der Waals surface area contributed by atoms with Crippen molar-refractivity contribution in [2.24, 2.45) is 0 Å². The van der Waals surface area contributed by atoms with Gasteiger partial charge in [0.15, 0.2) is 0 Å². The lowest BCUT2D eigenvalue weighted by molar-refractivity contribution is 1.47. The number of hydrogen-bond acceptors (Lipinski definition) is 2. The zero-order valence-corrected chi connectivity index (χ0v) is 28.4. The van der Waals surface area contributed by atoms with Crippen molar-refractivity contribution in [2.45, 2.75) is 0 Å². The van der Waals surface area contributed by atoms with Crippen LogP contribution in [-0.4, -0.2) is 0 Å². The summed E-state index contributed by atoms with van der Waals surface area (Å²) in [5, 5.41) is 19.9. The van der Waals surface area contributed by atoms with E-state index in [2.05, 4.69) is 121 Å². The largest absolute Gasteiger partial charge is 0.192 e. The number of nitrogens with zero attached hydrogens (tertiary/aromatic N) is 2. The van der Waals surface area contributed by atoms with Crippen LogP contribution in [0.3, 0.4) is 0 Å². The molecule has 0 aliphatic heterocycles. The Morgan fingerprint density at radius 2 is 0.500 bits per heavy atom. The van der Waals surface area contributed by atoms with E-state index in [1.54, 1.807) is 0 Å². The maximum atomic E-state index is 9.96. The van der Waals surface area contributed by atoms with E-state index in [1.165, 1.54) is 0 Å². The predicted octanol–water partition coefficient (Wildman–Crippen LogP) is 13.1. The lowest BCUT2D eigenvalue weighted by Gasteiger charge is -2.11. The van der Waals surface area contributed by atoms with Gasteiger partial charge in [0, 0.05) is 0 Å². The molecule has 0 atom stereocenters. The molecule has 2 nitrogen and oxygen atoms in total. The second-order valence-corrected chi connectivity index (χ2v) is 12.8. The van der Waals surface area contributed by atoms with Crippen LogP contribution in [0.25, 0.3) is 77.9 Å². The van der Waals surface area contributed by atoms with Crippen molar-refractivity contribution in [1.29, 1.82) is 10.5 Å². The molecule has 0 aliphatic rings. The summed E-state index contributed by atoms with van der Waals surface area (Å²) in [7, 11) is 0. The van der Waals surface area contributed by atoms with Crippen molar-refractivity contribution in [3.05, 3.63) is 205 Å². The van der Waals surface area contributed by atoms with Crippen molar-refractivity contribution in [1.82, 2.24) is 0 Å². The van der Waals surface area contributed by atoms with Gasteiger partial charge in [0.25, 0.3) is 0 Å². The third-order valence-corrected chi connectivity index (χ3v) is 9.59. The summed E-state index contributed by atoms with van der Waals surface area (Å²) in [5.74, 6) is 0. The lowest BCUT2D eigenvalue weighted by Crippen LogP contribution is -1.88. The van der Waals surface area contributed by atoms with Crippen LogP contribution in [0.1, 0.15) is 11.1 Å². The van der Waals surface area contributed by atoms with Gasteiger partial charge in [0.05, 0.1) is 23.3 Å². The van der Waals surface area contributed by atoms with Crippen molar-refractivity contribution in [3.63, 3.8) is 0 Å². The average Bonchev–Trinajstić information content (AvgIpc) is 3.24. The third kappa shape index (κ3) is 6.54. The van der Waals surface area contributed by atoms with E-state index in [0.717, 1.165) is 77.9 Å². The van der Waals surface area contributed by atoms with Crippen LogP contribution in [-0.2, 0) is 0 Å². The Morgan fingerprint density at radius 1 is 0.231 bits per heavy atom. The second-order valence-electron chi connectivity index (χ2n) is 12.8. The molecule has 0 saturated carbocycles. The SMILES string of the molecule is N#Cc1cc(-c2cccc(-c3ccc(-c4cccc(-c5cccc(-c6ccc(-c7ccccc7)c(C#N)c6)c5)c4)cc3)c2)ccc1-c1ccccc1. The maximum absolute atomic E-state index is 9.96. The second kappa shape index (κ2) is 14.3. The van der Waals surface area contributed by atoms with E-state index in [0.29, 0.717) is 11.1 Å². The highest BCUT2D eigenvalue weighted by atomic mass is 14.3. The first-order valence-corrected chi connectivity index (χ1v) is 17.3. The summed E-state index contributed by atoms with van der Waals surface area (Å²) in [6.07, 6.45) is 0. The molecule has 0 unspecified atom stereocenters. The van der Waals surface area contributed by atoms with Gasteiger partial charge in [0.1, 0.15) is 0 Å². The number of nitriles is 2. The fourth-order valence-electron chi connectivity index (χ4n) is 6.86. The van der Waals surface area contributed by atoms with Crippen LogP contribution in [0.5, 0.6) is 0 Å². The van der Waals surface area contributed by atoms with E-state index in [4.69, 9.17) is 0 Å². The lowest BCUT2D eigenvalue weighted by atomic mass is 9.92. The van der Waals surface area contributed by atoms with E-state index >= 15 is 0 Å². The summed E-state index contributed by atoms with van der Waals surface area (Å²) < 4.78 is 0. The van der Waals surface area contributed by atoms with Gasteiger partial charge < -0.3 is 0 Å². The molecule has 8 rings (SSSR count). The Morgan fingerprint density at radius 3 is 0.827 bits per heavy atom.